The maximum atomic E-state index is 12.8. The van der Waals surface area contributed by atoms with Gasteiger partial charge in [0, 0.05) is 6.26 Å². The monoisotopic (exact) mass is 398 g/mol. The molecule has 1 fully saturated rings. The van der Waals surface area contributed by atoms with Crippen LogP contribution in [0, 0.1) is 0 Å². The Morgan fingerprint density at radius 3 is 2.33 bits per heavy atom. The summed E-state index contributed by atoms with van der Waals surface area (Å²) in [6.07, 6.45) is 1.99. The molecule has 152 valence electrons. The van der Waals surface area contributed by atoms with Crippen molar-refractivity contribution >= 4 is 15.8 Å². The van der Waals surface area contributed by atoms with Crippen LogP contribution in [0.2, 0.25) is 0 Å². The van der Waals surface area contributed by atoms with Crippen LogP contribution in [0.1, 0.15) is 58.6 Å². The number of hydrogen-bond donors (Lipinski definition) is 0. The van der Waals surface area contributed by atoms with E-state index in [-0.39, 0.29) is 6.10 Å². The molecule has 1 saturated heterocycles. The Morgan fingerprint density at radius 1 is 1.19 bits per heavy atom. The molecule has 1 aromatic carbocycles. The number of rotatable bonds is 6. The number of hydrogen-bond acceptors (Lipinski definition) is 6. The Labute approximate surface area is 162 Å². The number of carbonyl (C=O) groups is 1. The lowest BCUT2D eigenvalue weighted by Gasteiger charge is -2.34. The van der Waals surface area contributed by atoms with E-state index in [4.69, 9.17) is 14.2 Å². The van der Waals surface area contributed by atoms with Crippen molar-refractivity contribution in [3.63, 3.8) is 0 Å². The Morgan fingerprint density at radius 2 is 1.81 bits per heavy atom. The summed E-state index contributed by atoms with van der Waals surface area (Å²) in [5.41, 5.74) is -0.211. The smallest absolute Gasteiger partial charge is 0.327 e. The van der Waals surface area contributed by atoms with Gasteiger partial charge in [0.05, 0.1) is 6.10 Å². The molecule has 1 heterocycles. The minimum Gasteiger partial charge on any atom is -0.459 e. The lowest BCUT2D eigenvalue weighted by Crippen LogP contribution is -2.43. The third-order valence-corrected chi connectivity index (χ3v) is 5.60. The molecule has 6 nitrogen and oxygen atoms in total. The van der Waals surface area contributed by atoms with Crippen molar-refractivity contribution in [1.29, 1.82) is 0 Å². The van der Waals surface area contributed by atoms with Crippen LogP contribution in [0.3, 0.4) is 0 Å². The molecule has 0 spiro atoms. The third kappa shape index (κ3) is 6.59. The summed E-state index contributed by atoms with van der Waals surface area (Å²) < 4.78 is 42.4. The molecule has 27 heavy (non-hydrogen) atoms. The van der Waals surface area contributed by atoms with Gasteiger partial charge in [-0.1, -0.05) is 30.3 Å². The normalized spacial score (nSPS) is 23.4. The van der Waals surface area contributed by atoms with Gasteiger partial charge in [0.15, 0.2) is 21.4 Å². The Bertz CT molecular complexity index is 723. The number of sulfone groups is 1. The highest BCUT2D eigenvalue weighted by Gasteiger charge is 2.43. The van der Waals surface area contributed by atoms with Crippen molar-refractivity contribution in [2.24, 2.45) is 0 Å². The van der Waals surface area contributed by atoms with Crippen molar-refractivity contribution in [3.05, 3.63) is 35.9 Å². The SMILES string of the molecule is C[C@H]1CCCC(O[C@H](c2ccccc2)C(C(=O)OC(C)(C)C)S(C)(=O)=O)O1. The first kappa shape index (κ1) is 21.9. The highest BCUT2D eigenvalue weighted by Crippen LogP contribution is 2.32. The van der Waals surface area contributed by atoms with E-state index in [1.54, 1.807) is 45.0 Å². The molecule has 0 amide bonds. The average Bonchev–Trinajstić information content (AvgIpc) is 2.52. The maximum absolute atomic E-state index is 12.8. The molecule has 0 bridgehead atoms. The summed E-state index contributed by atoms with van der Waals surface area (Å²) >= 11 is 0. The van der Waals surface area contributed by atoms with E-state index in [0.717, 1.165) is 19.1 Å². The molecule has 1 aliphatic heterocycles. The minimum absolute atomic E-state index is 0.0263. The number of benzene rings is 1. The maximum Gasteiger partial charge on any atom is 0.327 e. The molecule has 1 aromatic rings. The lowest BCUT2D eigenvalue weighted by atomic mass is 10.0. The van der Waals surface area contributed by atoms with Crippen LogP contribution in [0.15, 0.2) is 30.3 Å². The molecule has 0 N–H and O–H groups in total. The summed E-state index contributed by atoms with van der Waals surface area (Å²) in [7, 11) is -3.80. The van der Waals surface area contributed by atoms with Crippen LogP contribution in [-0.4, -0.2) is 43.9 Å². The standard InChI is InChI=1S/C20H30O6S/c1-14-10-9-13-16(24-14)25-17(15-11-7-6-8-12-15)18(27(5,22)23)19(21)26-20(2,3)4/h6-8,11-12,14,16-18H,9-10,13H2,1-5H3/t14-,16?,17+,18?/m0/s1. The zero-order chi connectivity index (χ0) is 20.2. The Kier molecular flexibility index (Phi) is 7.05. The van der Waals surface area contributed by atoms with E-state index in [0.29, 0.717) is 12.0 Å². The largest absolute Gasteiger partial charge is 0.459 e. The number of ether oxygens (including phenoxy) is 3. The van der Waals surface area contributed by atoms with Crippen molar-refractivity contribution < 1.29 is 27.4 Å². The molecule has 0 aromatic heterocycles. The predicted molar refractivity (Wildman–Crippen MR) is 103 cm³/mol. The van der Waals surface area contributed by atoms with E-state index in [2.05, 4.69) is 0 Å². The second-order valence-corrected chi connectivity index (χ2v) is 10.2. The van der Waals surface area contributed by atoms with Crippen LogP contribution in [0.4, 0.5) is 0 Å². The van der Waals surface area contributed by atoms with Gasteiger partial charge in [-0.2, -0.15) is 0 Å². The second kappa shape index (κ2) is 8.71. The third-order valence-electron chi connectivity index (χ3n) is 4.24. The second-order valence-electron chi connectivity index (χ2n) is 8.06. The van der Waals surface area contributed by atoms with Gasteiger partial charge in [0.1, 0.15) is 11.7 Å². The van der Waals surface area contributed by atoms with Crippen LogP contribution in [0.5, 0.6) is 0 Å². The van der Waals surface area contributed by atoms with Crippen molar-refractivity contribution in [2.75, 3.05) is 6.26 Å². The quantitative estimate of drug-likeness (QED) is 0.683. The van der Waals surface area contributed by atoms with Gasteiger partial charge in [-0.15, -0.1) is 0 Å². The molecule has 4 atom stereocenters. The van der Waals surface area contributed by atoms with Crippen LogP contribution >= 0.6 is 0 Å². The van der Waals surface area contributed by atoms with Crippen molar-refractivity contribution in [2.45, 2.75) is 76.3 Å². The average molecular weight is 399 g/mol. The van der Waals surface area contributed by atoms with Crippen molar-refractivity contribution in [3.8, 4) is 0 Å². The fourth-order valence-corrected chi connectivity index (χ4v) is 4.15. The van der Waals surface area contributed by atoms with Crippen LogP contribution in [0.25, 0.3) is 0 Å². The van der Waals surface area contributed by atoms with Gasteiger partial charge in [-0.3, -0.25) is 4.79 Å². The molecular formula is C20H30O6S. The molecule has 2 rings (SSSR count). The Balaban J connectivity index is 2.39. The number of carbonyl (C=O) groups excluding carboxylic acids is 1. The van der Waals surface area contributed by atoms with Crippen LogP contribution in [-0.2, 0) is 28.8 Å². The summed E-state index contributed by atoms with van der Waals surface area (Å²) in [6, 6.07) is 8.89. The predicted octanol–water partition coefficient (Wildman–Crippen LogP) is 3.41. The Hall–Kier alpha value is -1.44. The molecular weight excluding hydrogens is 368 g/mol. The van der Waals surface area contributed by atoms with E-state index in [1.807, 2.05) is 13.0 Å². The first-order chi connectivity index (χ1) is 12.5. The molecule has 7 heteroatoms. The van der Waals surface area contributed by atoms with E-state index < -0.39 is 39.1 Å². The summed E-state index contributed by atoms with van der Waals surface area (Å²) in [5.74, 6) is -0.817. The fourth-order valence-electron chi connectivity index (χ4n) is 3.08. The van der Waals surface area contributed by atoms with E-state index >= 15 is 0 Å². The van der Waals surface area contributed by atoms with Gasteiger partial charge in [-0.25, -0.2) is 8.42 Å². The lowest BCUT2D eigenvalue weighted by molar-refractivity contribution is -0.215. The zero-order valence-electron chi connectivity index (χ0n) is 16.7. The molecule has 2 unspecified atom stereocenters. The zero-order valence-corrected chi connectivity index (χ0v) is 17.5. The molecule has 1 aliphatic rings. The molecule has 0 saturated carbocycles. The summed E-state index contributed by atoms with van der Waals surface area (Å²) in [5, 5.41) is -1.47. The van der Waals surface area contributed by atoms with Gasteiger partial charge in [0.25, 0.3) is 0 Å². The topological polar surface area (TPSA) is 78.9 Å². The highest BCUT2D eigenvalue weighted by atomic mass is 32.2. The first-order valence-corrected chi connectivity index (χ1v) is 11.2. The molecule has 0 radical (unpaired) electrons. The van der Waals surface area contributed by atoms with Crippen LogP contribution < -0.4 is 0 Å². The fraction of sp³-hybridized carbons (Fsp3) is 0.650. The van der Waals surface area contributed by atoms with Gasteiger partial charge in [-0.05, 0) is 52.5 Å². The van der Waals surface area contributed by atoms with Gasteiger partial charge >= 0.3 is 5.97 Å². The minimum atomic E-state index is -3.80. The summed E-state index contributed by atoms with van der Waals surface area (Å²) in [4.78, 5) is 12.8. The van der Waals surface area contributed by atoms with E-state index in [1.165, 1.54) is 0 Å². The molecule has 0 aliphatic carbocycles. The van der Waals surface area contributed by atoms with Gasteiger partial charge < -0.3 is 14.2 Å². The highest BCUT2D eigenvalue weighted by molar-refractivity contribution is 7.92. The summed E-state index contributed by atoms with van der Waals surface area (Å²) in [6.45, 7) is 7.06. The van der Waals surface area contributed by atoms with E-state index in [9.17, 15) is 13.2 Å². The van der Waals surface area contributed by atoms with Crippen molar-refractivity contribution in [1.82, 2.24) is 0 Å². The first-order valence-electron chi connectivity index (χ1n) is 9.25. The number of esters is 1. The van der Waals surface area contributed by atoms with Gasteiger partial charge in [0.2, 0.25) is 0 Å².